The van der Waals surface area contributed by atoms with Gasteiger partial charge < -0.3 is 10.2 Å². The van der Waals surface area contributed by atoms with Gasteiger partial charge >= 0.3 is 0 Å². The molecule has 0 heterocycles. The Bertz CT molecular complexity index is 516. The largest absolute Gasteiger partial charge is 0.507 e. The fourth-order valence-corrected chi connectivity index (χ4v) is 1.84. The van der Waals surface area contributed by atoms with Gasteiger partial charge in [-0.05, 0) is 28.1 Å². The van der Waals surface area contributed by atoms with Crippen molar-refractivity contribution in [2.24, 2.45) is 0 Å². The van der Waals surface area contributed by atoms with Gasteiger partial charge in [-0.15, -0.1) is 0 Å². The molecule has 0 bridgehead atoms. The van der Waals surface area contributed by atoms with Crippen LogP contribution in [-0.4, -0.2) is 21.8 Å². The number of Topliss-reactive ketones (excluding diaryl/α,β-unsaturated/α-hetero) is 1. The predicted octanol–water partition coefficient (Wildman–Crippen LogP) is 1.76. The minimum absolute atomic E-state index is 0.0703. The van der Waals surface area contributed by atoms with Gasteiger partial charge in [-0.1, -0.05) is 0 Å². The van der Waals surface area contributed by atoms with Crippen LogP contribution >= 0.6 is 15.9 Å². The van der Waals surface area contributed by atoms with E-state index in [0.717, 1.165) is 6.08 Å². The van der Waals surface area contributed by atoms with Crippen molar-refractivity contribution in [1.29, 1.82) is 0 Å². The summed E-state index contributed by atoms with van der Waals surface area (Å²) in [6.45, 7) is 0. The third kappa shape index (κ3) is 1.35. The smallest absolute Gasteiger partial charge is 0.204 e. The Kier molecular flexibility index (Phi) is 2.12. The minimum Gasteiger partial charge on any atom is -0.507 e. The number of hydrogen-bond acceptors (Lipinski definition) is 4. The first-order valence-electron chi connectivity index (χ1n) is 4.03. The van der Waals surface area contributed by atoms with E-state index in [-0.39, 0.29) is 27.1 Å². The molecular formula is C10H5BrO4. The van der Waals surface area contributed by atoms with E-state index in [1.807, 2.05) is 0 Å². The molecule has 0 saturated carbocycles. The molecule has 2 rings (SSSR count). The molecule has 2 N–H and O–H groups in total. The van der Waals surface area contributed by atoms with E-state index < -0.39 is 11.6 Å². The Morgan fingerprint density at radius 2 is 1.53 bits per heavy atom. The van der Waals surface area contributed by atoms with Crippen LogP contribution in [0.15, 0.2) is 22.7 Å². The molecule has 0 amide bonds. The zero-order valence-corrected chi connectivity index (χ0v) is 8.91. The maximum atomic E-state index is 11.6. The number of aromatic hydroxyl groups is 2. The Hall–Kier alpha value is -1.62. The van der Waals surface area contributed by atoms with Crippen LogP contribution < -0.4 is 0 Å². The molecule has 0 aromatic heterocycles. The maximum absolute atomic E-state index is 11.6. The number of carbonyl (C=O) groups excluding carboxylic acids is 2. The lowest BCUT2D eigenvalue weighted by molar-refractivity contribution is 0.0987. The molecule has 4 nitrogen and oxygen atoms in total. The summed E-state index contributed by atoms with van der Waals surface area (Å²) in [5.41, 5.74) is -0.308. The molecule has 0 radical (unpaired) electrons. The van der Waals surface area contributed by atoms with E-state index in [0.29, 0.717) is 0 Å². The summed E-state index contributed by atoms with van der Waals surface area (Å²) >= 11 is 2.92. The summed E-state index contributed by atoms with van der Waals surface area (Å²) in [4.78, 5) is 23.1. The highest BCUT2D eigenvalue weighted by Gasteiger charge is 2.29. The first kappa shape index (κ1) is 9.92. The van der Waals surface area contributed by atoms with Crippen LogP contribution in [0, 0.1) is 0 Å². The van der Waals surface area contributed by atoms with Gasteiger partial charge in [0.1, 0.15) is 11.5 Å². The van der Waals surface area contributed by atoms with Crippen LogP contribution in [0.5, 0.6) is 11.5 Å². The summed E-state index contributed by atoms with van der Waals surface area (Å²) in [7, 11) is 0. The Balaban J connectivity index is 2.82. The number of phenols is 2. The average molecular weight is 269 g/mol. The second-order valence-corrected chi connectivity index (χ2v) is 3.89. The number of benzene rings is 1. The number of hydrogen-bond donors (Lipinski definition) is 2. The van der Waals surface area contributed by atoms with E-state index >= 15 is 0 Å². The topological polar surface area (TPSA) is 74.6 Å². The normalized spacial score (nSPS) is 14.9. The Morgan fingerprint density at radius 3 is 2.13 bits per heavy atom. The van der Waals surface area contributed by atoms with Crippen molar-refractivity contribution in [2.75, 3.05) is 0 Å². The van der Waals surface area contributed by atoms with Gasteiger partial charge in [0.2, 0.25) is 5.78 Å². The predicted molar refractivity (Wildman–Crippen MR) is 55.4 cm³/mol. The average Bonchev–Trinajstić information content (AvgIpc) is 2.18. The van der Waals surface area contributed by atoms with Crippen molar-refractivity contribution in [3.8, 4) is 11.5 Å². The number of phenolic OH excluding ortho intramolecular Hbond substituents is 2. The molecule has 0 atom stereocenters. The van der Waals surface area contributed by atoms with Crippen molar-refractivity contribution in [3.05, 3.63) is 33.8 Å². The number of rotatable bonds is 0. The third-order valence-corrected chi connectivity index (χ3v) is 2.70. The van der Waals surface area contributed by atoms with E-state index in [1.165, 1.54) is 12.1 Å². The van der Waals surface area contributed by atoms with Gasteiger partial charge in [0.25, 0.3) is 0 Å². The van der Waals surface area contributed by atoms with Crippen LogP contribution in [0.4, 0.5) is 0 Å². The lowest BCUT2D eigenvalue weighted by Gasteiger charge is -2.13. The summed E-state index contributed by atoms with van der Waals surface area (Å²) in [5.74, 6) is -1.65. The number of carbonyl (C=O) groups is 2. The maximum Gasteiger partial charge on any atom is 0.204 e. The summed E-state index contributed by atoms with van der Waals surface area (Å²) < 4.78 is 0.0703. The van der Waals surface area contributed by atoms with Gasteiger partial charge in [0.15, 0.2) is 5.78 Å². The lowest BCUT2D eigenvalue weighted by Crippen LogP contribution is -2.14. The standard InChI is InChI=1S/C10H5BrO4/c11-4-3-7(14)8-5(12)1-2-6(13)9(8)10(4)15/h1-3,12-13H. The van der Waals surface area contributed by atoms with Crippen LogP contribution in [-0.2, 0) is 0 Å². The number of fused-ring (bicyclic) bond motifs is 1. The number of halogens is 1. The molecule has 1 aromatic rings. The molecule has 0 aliphatic heterocycles. The van der Waals surface area contributed by atoms with Gasteiger partial charge in [0, 0.05) is 6.08 Å². The van der Waals surface area contributed by atoms with Crippen LogP contribution in [0.1, 0.15) is 20.7 Å². The molecule has 0 spiro atoms. The van der Waals surface area contributed by atoms with E-state index in [1.54, 1.807) is 0 Å². The number of allylic oxidation sites excluding steroid dienone is 2. The van der Waals surface area contributed by atoms with Crippen LogP contribution in [0.3, 0.4) is 0 Å². The third-order valence-electron chi connectivity index (χ3n) is 2.11. The molecule has 76 valence electrons. The van der Waals surface area contributed by atoms with Gasteiger partial charge in [-0.25, -0.2) is 0 Å². The summed E-state index contributed by atoms with van der Waals surface area (Å²) in [6.07, 6.45) is 1.07. The first-order chi connectivity index (χ1) is 7.02. The molecule has 0 fully saturated rings. The Labute approximate surface area is 93.0 Å². The molecule has 15 heavy (non-hydrogen) atoms. The quantitative estimate of drug-likeness (QED) is 0.703. The van der Waals surface area contributed by atoms with E-state index in [4.69, 9.17) is 0 Å². The monoisotopic (exact) mass is 268 g/mol. The van der Waals surface area contributed by atoms with E-state index in [2.05, 4.69) is 15.9 Å². The highest BCUT2D eigenvalue weighted by atomic mass is 79.9. The number of ketones is 2. The van der Waals surface area contributed by atoms with Gasteiger partial charge in [-0.2, -0.15) is 0 Å². The molecule has 1 aliphatic carbocycles. The summed E-state index contributed by atoms with van der Waals surface area (Å²) in [6, 6.07) is 2.34. The highest BCUT2D eigenvalue weighted by molar-refractivity contribution is 9.12. The SMILES string of the molecule is O=C1C=C(Br)C(=O)c2c(O)ccc(O)c21. The van der Waals surface area contributed by atoms with E-state index in [9.17, 15) is 19.8 Å². The second kappa shape index (κ2) is 3.20. The van der Waals surface area contributed by atoms with Gasteiger partial charge in [0.05, 0.1) is 15.6 Å². The fourth-order valence-electron chi connectivity index (χ4n) is 1.43. The van der Waals surface area contributed by atoms with Crippen molar-refractivity contribution in [1.82, 2.24) is 0 Å². The highest BCUT2D eigenvalue weighted by Crippen LogP contribution is 2.35. The van der Waals surface area contributed by atoms with Crippen molar-refractivity contribution in [3.63, 3.8) is 0 Å². The van der Waals surface area contributed by atoms with Crippen LogP contribution in [0.2, 0.25) is 0 Å². The summed E-state index contributed by atoms with van der Waals surface area (Å²) in [5, 5.41) is 18.9. The van der Waals surface area contributed by atoms with Crippen molar-refractivity contribution >= 4 is 27.5 Å². The zero-order chi connectivity index (χ0) is 11.2. The molecule has 1 aromatic carbocycles. The van der Waals surface area contributed by atoms with Crippen molar-refractivity contribution in [2.45, 2.75) is 0 Å². The Morgan fingerprint density at radius 1 is 1.00 bits per heavy atom. The molecular weight excluding hydrogens is 264 g/mol. The first-order valence-corrected chi connectivity index (χ1v) is 4.83. The molecule has 0 saturated heterocycles. The van der Waals surface area contributed by atoms with Crippen LogP contribution in [0.25, 0.3) is 0 Å². The second-order valence-electron chi connectivity index (χ2n) is 3.04. The zero-order valence-electron chi connectivity index (χ0n) is 7.32. The molecule has 0 unspecified atom stereocenters. The van der Waals surface area contributed by atoms with Gasteiger partial charge in [-0.3, -0.25) is 9.59 Å². The molecule has 5 heteroatoms. The molecule has 1 aliphatic rings. The fraction of sp³-hybridized carbons (Fsp3) is 0. The minimum atomic E-state index is -0.516. The van der Waals surface area contributed by atoms with Crippen molar-refractivity contribution < 1.29 is 19.8 Å². The lowest BCUT2D eigenvalue weighted by atomic mass is 9.93.